The summed E-state index contributed by atoms with van der Waals surface area (Å²) in [5, 5.41) is 3.69. The van der Waals surface area contributed by atoms with Gasteiger partial charge in [-0.25, -0.2) is 4.79 Å². The van der Waals surface area contributed by atoms with E-state index in [2.05, 4.69) is 5.32 Å². The summed E-state index contributed by atoms with van der Waals surface area (Å²) in [6.45, 7) is 2.33. The minimum Gasteiger partial charge on any atom is -0.497 e. The Morgan fingerprint density at radius 1 is 1.11 bits per heavy atom. The topological polar surface area (TPSA) is 77.8 Å². The number of ether oxygens (including phenoxy) is 2. The van der Waals surface area contributed by atoms with Crippen LogP contribution in [0.3, 0.4) is 0 Å². The van der Waals surface area contributed by atoms with Gasteiger partial charge >= 0.3 is 5.97 Å². The fourth-order valence-electron chi connectivity index (χ4n) is 2.67. The van der Waals surface area contributed by atoms with Gasteiger partial charge in [0.2, 0.25) is 5.91 Å². The van der Waals surface area contributed by atoms with Crippen LogP contribution in [0.15, 0.2) is 53.1 Å². The van der Waals surface area contributed by atoms with Crippen molar-refractivity contribution in [2.45, 2.75) is 19.8 Å². The summed E-state index contributed by atoms with van der Waals surface area (Å²) >= 11 is 0. The second-order valence-electron chi connectivity index (χ2n) is 6.06. The Hall–Kier alpha value is -3.28. The van der Waals surface area contributed by atoms with Gasteiger partial charge in [0, 0.05) is 22.7 Å². The van der Waals surface area contributed by atoms with Crippen molar-refractivity contribution < 1.29 is 23.5 Å². The first-order chi connectivity index (χ1) is 13.1. The molecule has 140 valence electrons. The molecule has 1 N–H and O–H groups in total. The number of nitrogens with one attached hydrogen (secondary N) is 1. The molecule has 0 bridgehead atoms. The second kappa shape index (κ2) is 8.40. The van der Waals surface area contributed by atoms with Gasteiger partial charge in [-0.2, -0.15) is 0 Å². The van der Waals surface area contributed by atoms with Crippen LogP contribution in [-0.2, 0) is 16.0 Å². The number of anilines is 1. The van der Waals surface area contributed by atoms with Crippen molar-refractivity contribution in [1.82, 2.24) is 0 Å². The molecule has 0 saturated carbocycles. The minimum atomic E-state index is -0.366. The van der Waals surface area contributed by atoms with Gasteiger partial charge < -0.3 is 19.2 Å². The van der Waals surface area contributed by atoms with Crippen LogP contribution in [0.25, 0.3) is 11.0 Å². The van der Waals surface area contributed by atoms with Gasteiger partial charge in [-0.05, 0) is 42.8 Å². The highest BCUT2D eigenvalue weighted by molar-refractivity contribution is 5.96. The molecule has 0 radical (unpaired) electrons. The lowest BCUT2D eigenvalue weighted by Gasteiger charge is -2.06. The van der Waals surface area contributed by atoms with Crippen molar-refractivity contribution in [3.8, 4) is 5.75 Å². The number of esters is 1. The highest BCUT2D eigenvalue weighted by atomic mass is 16.5. The normalized spacial score (nSPS) is 10.6. The molecule has 1 aromatic heterocycles. The van der Waals surface area contributed by atoms with Crippen LogP contribution in [0.1, 0.15) is 29.3 Å². The van der Waals surface area contributed by atoms with Crippen molar-refractivity contribution >= 4 is 28.5 Å². The minimum absolute atomic E-state index is 0.171. The number of hydrogen-bond acceptors (Lipinski definition) is 5. The SMILES string of the molecule is CCCOC(=O)c1ccc(NC(=O)Cc2coc3cc(OC)ccc23)cc1. The number of carbonyl (C=O) groups is 2. The first kappa shape index (κ1) is 18.5. The maximum Gasteiger partial charge on any atom is 0.338 e. The largest absolute Gasteiger partial charge is 0.497 e. The number of amides is 1. The number of benzene rings is 2. The molecule has 1 amide bonds. The molecule has 6 heteroatoms. The number of rotatable bonds is 7. The molecule has 0 fully saturated rings. The molecule has 6 nitrogen and oxygen atoms in total. The van der Waals surface area contributed by atoms with Crippen LogP contribution >= 0.6 is 0 Å². The monoisotopic (exact) mass is 367 g/mol. The summed E-state index contributed by atoms with van der Waals surface area (Å²) in [5.74, 6) is 0.162. The molecule has 3 aromatic rings. The van der Waals surface area contributed by atoms with Crippen LogP contribution in [0.5, 0.6) is 5.75 Å². The summed E-state index contributed by atoms with van der Waals surface area (Å²) in [6.07, 6.45) is 2.53. The summed E-state index contributed by atoms with van der Waals surface area (Å²) in [4.78, 5) is 24.1. The fraction of sp³-hybridized carbons (Fsp3) is 0.238. The van der Waals surface area contributed by atoms with Crippen LogP contribution in [-0.4, -0.2) is 25.6 Å². The van der Waals surface area contributed by atoms with E-state index in [9.17, 15) is 9.59 Å². The van der Waals surface area contributed by atoms with Crippen molar-refractivity contribution in [3.63, 3.8) is 0 Å². The zero-order chi connectivity index (χ0) is 19.2. The van der Waals surface area contributed by atoms with E-state index < -0.39 is 0 Å². The molecule has 0 aliphatic heterocycles. The summed E-state index contributed by atoms with van der Waals surface area (Å²) in [7, 11) is 1.59. The maximum atomic E-state index is 12.3. The van der Waals surface area contributed by atoms with E-state index in [0.29, 0.717) is 29.2 Å². The Morgan fingerprint density at radius 3 is 2.59 bits per heavy atom. The van der Waals surface area contributed by atoms with Crippen molar-refractivity contribution in [2.75, 3.05) is 19.0 Å². The number of furan rings is 1. The molecular weight excluding hydrogens is 346 g/mol. The average Bonchev–Trinajstić information content (AvgIpc) is 3.08. The van der Waals surface area contributed by atoms with Crippen molar-refractivity contribution in [1.29, 1.82) is 0 Å². The number of methoxy groups -OCH3 is 1. The highest BCUT2D eigenvalue weighted by Crippen LogP contribution is 2.26. The van der Waals surface area contributed by atoms with E-state index in [4.69, 9.17) is 13.9 Å². The summed E-state index contributed by atoms with van der Waals surface area (Å²) < 4.78 is 15.8. The lowest BCUT2D eigenvalue weighted by molar-refractivity contribution is -0.115. The molecular formula is C21H21NO5. The Labute approximate surface area is 157 Å². The van der Waals surface area contributed by atoms with Crippen LogP contribution in [0.2, 0.25) is 0 Å². The lowest BCUT2D eigenvalue weighted by atomic mass is 10.1. The molecule has 1 heterocycles. The Balaban J connectivity index is 1.63. The Morgan fingerprint density at radius 2 is 1.89 bits per heavy atom. The smallest absolute Gasteiger partial charge is 0.338 e. The third-order valence-corrected chi connectivity index (χ3v) is 4.06. The van der Waals surface area contributed by atoms with Gasteiger partial charge in [0.15, 0.2) is 0 Å². The molecule has 0 saturated heterocycles. The predicted molar refractivity (Wildman–Crippen MR) is 102 cm³/mol. The molecule has 3 rings (SSSR count). The number of fused-ring (bicyclic) bond motifs is 1. The van der Waals surface area contributed by atoms with E-state index >= 15 is 0 Å². The van der Waals surface area contributed by atoms with E-state index in [1.54, 1.807) is 43.7 Å². The van der Waals surface area contributed by atoms with Crippen LogP contribution in [0, 0.1) is 0 Å². The summed E-state index contributed by atoms with van der Waals surface area (Å²) in [6, 6.07) is 12.1. The molecule has 0 unspecified atom stereocenters. The van der Waals surface area contributed by atoms with Crippen molar-refractivity contribution in [3.05, 3.63) is 59.9 Å². The number of hydrogen-bond donors (Lipinski definition) is 1. The van der Waals surface area contributed by atoms with E-state index in [1.807, 2.05) is 19.1 Å². The molecule has 0 aliphatic carbocycles. The molecule has 0 atom stereocenters. The second-order valence-corrected chi connectivity index (χ2v) is 6.06. The zero-order valence-corrected chi connectivity index (χ0v) is 15.3. The fourth-order valence-corrected chi connectivity index (χ4v) is 2.67. The van der Waals surface area contributed by atoms with Gasteiger partial charge in [0.05, 0.1) is 32.0 Å². The molecule has 0 spiro atoms. The standard InChI is InChI=1S/C21H21NO5/c1-3-10-26-21(24)14-4-6-16(7-5-14)22-20(23)11-15-13-27-19-12-17(25-2)8-9-18(15)19/h4-9,12-13H,3,10-11H2,1-2H3,(H,22,23). The van der Waals surface area contributed by atoms with Crippen LogP contribution in [0.4, 0.5) is 5.69 Å². The van der Waals surface area contributed by atoms with Gasteiger partial charge in [0.1, 0.15) is 11.3 Å². The highest BCUT2D eigenvalue weighted by Gasteiger charge is 2.12. The number of carbonyl (C=O) groups excluding carboxylic acids is 2. The third-order valence-electron chi connectivity index (χ3n) is 4.06. The molecule has 27 heavy (non-hydrogen) atoms. The van der Waals surface area contributed by atoms with E-state index in [1.165, 1.54) is 0 Å². The molecule has 0 aliphatic rings. The van der Waals surface area contributed by atoms with Crippen LogP contribution < -0.4 is 10.1 Å². The molecule has 2 aromatic carbocycles. The van der Waals surface area contributed by atoms with E-state index in [0.717, 1.165) is 17.4 Å². The quantitative estimate of drug-likeness (QED) is 0.634. The third kappa shape index (κ3) is 4.47. The first-order valence-electron chi connectivity index (χ1n) is 8.72. The Kier molecular flexibility index (Phi) is 5.76. The van der Waals surface area contributed by atoms with E-state index in [-0.39, 0.29) is 18.3 Å². The van der Waals surface area contributed by atoms with Crippen molar-refractivity contribution in [2.24, 2.45) is 0 Å². The Bertz CT molecular complexity index is 943. The van der Waals surface area contributed by atoms with Gasteiger partial charge in [-0.1, -0.05) is 6.92 Å². The average molecular weight is 367 g/mol. The summed E-state index contributed by atoms with van der Waals surface area (Å²) in [5.41, 5.74) is 2.54. The van der Waals surface area contributed by atoms with Gasteiger partial charge in [0.25, 0.3) is 0 Å². The first-order valence-corrected chi connectivity index (χ1v) is 8.72. The van der Waals surface area contributed by atoms with Gasteiger partial charge in [-0.3, -0.25) is 4.79 Å². The lowest BCUT2D eigenvalue weighted by Crippen LogP contribution is -2.14. The van der Waals surface area contributed by atoms with Gasteiger partial charge in [-0.15, -0.1) is 0 Å². The zero-order valence-electron chi connectivity index (χ0n) is 15.3. The maximum absolute atomic E-state index is 12.3. The predicted octanol–water partition coefficient (Wildman–Crippen LogP) is 4.19.